The van der Waals surface area contributed by atoms with Crippen molar-refractivity contribution >= 4 is 31.4 Å². The zero-order valence-corrected chi connectivity index (χ0v) is 15.9. The molecule has 0 heterocycles. The summed E-state index contributed by atoms with van der Waals surface area (Å²) >= 11 is -4.38. The summed E-state index contributed by atoms with van der Waals surface area (Å²) in [5, 5.41) is 0. The van der Waals surface area contributed by atoms with Crippen molar-refractivity contribution in [2.45, 2.75) is 0 Å². The van der Waals surface area contributed by atoms with Gasteiger partial charge in [-0.05, 0) is 0 Å². The van der Waals surface area contributed by atoms with Gasteiger partial charge in [-0.3, -0.25) is 0 Å². The summed E-state index contributed by atoms with van der Waals surface area (Å²) in [5.74, 6) is 0. The summed E-state index contributed by atoms with van der Waals surface area (Å²) < 4.78 is 34.1. The maximum atomic E-state index is 8.53. The Bertz CT molecular complexity index is 35.0. The monoisotopic (exact) mass is 354 g/mol. The van der Waals surface area contributed by atoms with Crippen LogP contribution >= 0.6 is 0 Å². The molecule has 0 aliphatic carbocycles. The van der Waals surface area contributed by atoms with Gasteiger partial charge in [-0.1, -0.05) is 0 Å². The Labute approximate surface area is 131 Å². The molecular weight excluding hydrogens is 349 g/mol. The second-order valence-corrected chi connectivity index (χ2v) is 1.00. The fourth-order valence-electron chi connectivity index (χ4n) is 0. The molecule has 0 fully saturated rings. The van der Waals surface area contributed by atoms with Gasteiger partial charge >= 0.3 is 135 Å². The zero-order chi connectivity index (χ0) is 5.41. The van der Waals surface area contributed by atoms with Crippen LogP contribution in [0.1, 0.15) is 0 Å². The molecule has 0 aliphatic rings. The van der Waals surface area contributed by atoms with Crippen molar-refractivity contribution in [3.8, 4) is 0 Å². The first kappa shape index (κ1) is 22.4. The SMILES string of the molecule is [Cs+].[Li+].[O]=[GeH][O-].[O]=[GeH][O-]. The van der Waals surface area contributed by atoms with Crippen LogP contribution in [0.25, 0.3) is 0 Å². The molecule has 0 N–H and O–H groups in total. The summed E-state index contributed by atoms with van der Waals surface area (Å²) in [7, 11) is 0. The van der Waals surface area contributed by atoms with Crippen molar-refractivity contribution in [3.05, 3.63) is 0 Å². The second kappa shape index (κ2) is 32.6. The van der Waals surface area contributed by atoms with Crippen LogP contribution in [0.5, 0.6) is 0 Å². The molecule has 0 amide bonds. The van der Waals surface area contributed by atoms with Gasteiger partial charge < -0.3 is 0 Å². The first-order chi connectivity index (χ1) is 2.83. The van der Waals surface area contributed by atoms with Gasteiger partial charge in [0.1, 0.15) is 0 Å². The Morgan fingerprint density at radius 2 is 1.00 bits per heavy atom. The third kappa shape index (κ3) is 65.3. The number of hydrogen-bond donors (Lipinski definition) is 0. The van der Waals surface area contributed by atoms with Gasteiger partial charge in [0.05, 0.1) is 0 Å². The third-order valence-corrected chi connectivity index (χ3v) is 0. The number of hydrogen-bond acceptors (Lipinski definition) is 4. The van der Waals surface area contributed by atoms with E-state index in [4.69, 9.17) is 15.8 Å². The average molecular weight is 351 g/mol. The summed E-state index contributed by atoms with van der Waals surface area (Å²) in [5.41, 5.74) is 0. The molecule has 8 heavy (non-hydrogen) atoms. The van der Waals surface area contributed by atoms with Crippen LogP contribution < -0.4 is 96.0 Å². The van der Waals surface area contributed by atoms with Crippen molar-refractivity contribution in [2.75, 3.05) is 0 Å². The number of rotatable bonds is 0. The summed E-state index contributed by atoms with van der Waals surface area (Å²) in [4.78, 5) is 0. The van der Waals surface area contributed by atoms with Crippen LogP contribution in [0.2, 0.25) is 0 Å². The Kier molecular flexibility index (Phi) is 91.4. The Morgan fingerprint density at radius 1 is 1.00 bits per heavy atom. The van der Waals surface area contributed by atoms with Crippen molar-refractivity contribution in [3.63, 3.8) is 0 Å². The maximum absolute atomic E-state index is 8.53. The predicted octanol–water partition coefficient (Wildman–Crippen LogP) is -9.90. The van der Waals surface area contributed by atoms with Crippen LogP contribution in [0.15, 0.2) is 0 Å². The topological polar surface area (TPSA) is 80.3 Å². The molecule has 0 aromatic rings. The van der Waals surface area contributed by atoms with Gasteiger partial charge in [-0.2, -0.15) is 0 Å². The summed E-state index contributed by atoms with van der Waals surface area (Å²) in [6, 6.07) is 0. The predicted molar refractivity (Wildman–Crippen MR) is 15.7 cm³/mol. The van der Waals surface area contributed by atoms with Crippen molar-refractivity contribution < 1.29 is 104 Å². The van der Waals surface area contributed by atoms with Gasteiger partial charge in [-0.25, -0.2) is 0 Å². The second-order valence-electron chi connectivity index (χ2n) is 0.192. The Balaban J connectivity index is -0.0000000160. The van der Waals surface area contributed by atoms with Crippen LogP contribution in [0.4, 0.5) is 0 Å². The molecule has 0 aliphatic heterocycles. The van der Waals surface area contributed by atoms with Gasteiger partial charge in [0, 0.05) is 0 Å². The molecular formula is H2CsGe2LiO4. The van der Waals surface area contributed by atoms with E-state index in [0.29, 0.717) is 0 Å². The molecule has 0 aromatic heterocycles. The van der Waals surface area contributed by atoms with E-state index in [9.17, 15) is 0 Å². The Morgan fingerprint density at radius 3 is 1.00 bits per heavy atom. The molecule has 0 spiro atoms. The van der Waals surface area contributed by atoms with Gasteiger partial charge in [0.15, 0.2) is 0 Å². The van der Waals surface area contributed by atoms with Gasteiger partial charge in [-0.15, -0.1) is 0 Å². The third-order valence-electron chi connectivity index (χ3n) is 0. The van der Waals surface area contributed by atoms with Crippen LogP contribution in [-0.4, -0.2) is 31.4 Å². The molecule has 4 nitrogen and oxygen atoms in total. The minimum absolute atomic E-state index is 0. The van der Waals surface area contributed by atoms with Crippen LogP contribution in [0, 0.1) is 0 Å². The van der Waals surface area contributed by atoms with Crippen molar-refractivity contribution in [1.29, 1.82) is 0 Å². The van der Waals surface area contributed by atoms with Crippen LogP contribution in [0.3, 0.4) is 0 Å². The minimum atomic E-state index is -2.19. The molecule has 0 radical (unpaired) electrons. The van der Waals surface area contributed by atoms with Gasteiger partial charge in [0.2, 0.25) is 0 Å². The van der Waals surface area contributed by atoms with E-state index in [1.54, 1.807) is 0 Å². The van der Waals surface area contributed by atoms with Crippen molar-refractivity contribution in [2.24, 2.45) is 0 Å². The average Bonchev–Trinajstić information content (AvgIpc) is 1.39. The Hall–Kier alpha value is 2.94. The molecule has 0 aromatic carbocycles. The molecule has 0 unspecified atom stereocenters. The molecule has 0 atom stereocenters. The van der Waals surface area contributed by atoms with E-state index < -0.39 is 31.4 Å². The van der Waals surface area contributed by atoms with E-state index in [1.165, 1.54) is 0 Å². The normalized spacial score (nSPS) is 3.00. The fraction of sp³-hybridized carbons (Fsp3) is 0. The van der Waals surface area contributed by atoms with Crippen LogP contribution in [-0.2, 0) is 7.56 Å². The molecule has 0 saturated heterocycles. The van der Waals surface area contributed by atoms with E-state index >= 15 is 0 Å². The molecule has 0 saturated carbocycles. The molecule has 8 heteroatoms. The molecule has 0 bridgehead atoms. The quantitative estimate of drug-likeness (QED) is 0.406. The van der Waals surface area contributed by atoms with E-state index in [1.807, 2.05) is 0 Å². The molecule has 36 valence electrons. The van der Waals surface area contributed by atoms with E-state index in [-0.39, 0.29) is 87.8 Å². The first-order valence-corrected chi connectivity index (χ1v) is 4.90. The first-order valence-electron chi connectivity index (χ1n) is 0.943. The van der Waals surface area contributed by atoms with Crippen molar-refractivity contribution in [1.82, 2.24) is 0 Å². The fourth-order valence-corrected chi connectivity index (χ4v) is 0. The summed E-state index contributed by atoms with van der Waals surface area (Å²) in [6.45, 7) is 0. The standard InChI is InChI=1S/Cs.2GeHO2.Li/c;2*2-1-3;/h;2*1H;/q+1;2*-1;+1. The van der Waals surface area contributed by atoms with Gasteiger partial charge in [0.25, 0.3) is 0 Å². The summed E-state index contributed by atoms with van der Waals surface area (Å²) in [6.07, 6.45) is 0. The molecule has 0 rings (SSSR count). The zero-order valence-electron chi connectivity index (χ0n) is 4.79. The van der Waals surface area contributed by atoms with E-state index in [0.717, 1.165) is 0 Å². The van der Waals surface area contributed by atoms with E-state index in [2.05, 4.69) is 0 Å².